The topological polar surface area (TPSA) is 24.9 Å². The summed E-state index contributed by atoms with van der Waals surface area (Å²) in [5.74, 6) is 0. The minimum absolute atomic E-state index is 0.113. The van der Waals surface area contributed by atoms with Crippen LogP contribution in [0.3, 0.4) is 0 Å². The fraction of sp³-hybridized carbons (Fsp3) is 0.800. The summed E-state index contributed by atoms with van der Waals surface area (Å²) < 4.78 is 0. The van der Waals surface area contributed by atoms with E-state index >= 15 is 0 Å². The Labute approximate surface area is 115 Å². The minimum atomic E-state index is 0.113. The first kappa shape index (κ1) is 14.0. The molecular formula is C15H26N2S. The average molecular weight is 266 g/mol. The van der Waals surface area contributed by atoms with Gasteiger partial charge in [-0.25, -0.2) is 4.98 Å². The molecule has 1 aliphatic carbocycles. The van der Waals surface area contributed by atoms with E-state index in [-0.39, 0.29) is 5.54 Å². The van der Waals surface area contributed by atoms with Crippen LogP contribution in [0.5, 0.6) is 0 Å². The standard InChI is InChI=1S/C15H26N2S/c1-3-4-5-6-7-10-15(2,17-13-8-9-13)14-16-11-12-18-14/h11-13,17H,3-10H2,1-2H3. The Hall–Kier alpha value is -0.410. The molecule has 0 aromatic carbocycles. The van der Waals surface area contributed by atoms with Crippen LogP contribution in [0.25, 0.3) is 0 Å². The summed E-state index contributed by atoms with van der Waals surface area (Å²) in [5, 5.41) is 7.17. The quantitative estimate of drug-likeness (QED) is 0.667. The molecule has 0 radical (unpaired) electrons. The van der Waals surface area contributed by atoms with Gasteiger partial charge in [-0.1, -0.05) is 39.0 Å². The fourth-order valence-corrected chi connectivity index (χ4v) is 3.29. The number of rotatable bonds is 9. The summed E-state index contributed by atoms with van der Waals surface area (Å²) >= 11 is 1.79. The van der Waals surface area contributed by atoms with Crippen LogP contribution in [0.2, 0.25) is 0 Å². The van der Waals surface area contributed by atoms with E-state index in [2.05, 4.69) is 29.5 Å². The second-order valence-corrected chi connectivity index (χ2v) is 6.65. The van der Waals surface area contributed by atoms with Gasteiger partial charge >= 0.3 is 0 Å². The van der Waals surface area contributed by atoms with Gasteiger partial charge in [0.2, 0.25) is 0 Å². The maximum absolute atomic E-state index is 4.54. The van der Waals surface area contributed by atoms with Crippen LogP contribution in [0.1, 0.15) is 70.2 Å². The first-order valence-corrected chi connectivity index (χ1v) is 8.30. The molecule has 1 atom stereocenters. The van der Waals surface area contributed by atoms with Crippen LogP contribution in [-0.4, -0.2) is 11.0 Å². The van der Waals surface area contributed by atoms with Crippen molar-refractivity contribution in [2.75, 3.05) is 0 Å². The number of aromatic nitrogens is 1. The van der Waals surface area contributed by atoms with Crippen LogP contribution < -0.4 is 5.32 Å². The number of unbranched alkanes of at least 4 members (excludes halogenated alkanes) is 4. The SMILES string of the molecule is CCCCCCCC(C)(NC1CC1)c1nccs1. The number of hydrogen-bond donors (Lipinski definition) is 1. The predicted octanol–water partition coefficient (Wildman–Crippen LogP) is 4.47. The lowest BCUT2D eigenvalue weighted by atomic mass is 9.94. The zero-order chi connectivity index (χ0) is 12.8. The third-order valence-electron chi connectivity index (χ3n) is 3.78. The van der Waals surface area contributed by atoms with Crippen molar-refractivity contribution in [3.05, 3.63) is 16.6 Å². The third-order valence-corrected chi connectivity index (χ3v) is 4.82. The van der Waals surface area contributed by atoms with Crippen LogP contribution in [0.4, 0.5) is 0 Å². The van der Waals surface area contributed by atoms with Gasteiger partial charge in [0.15, 0.2) is 0 Å². The zero-order valence-electron chi connectivity index (χ0n) is 11.7. The summed E-state index contributed by atoms with van der Waals surface area (Å²) in [6, 6.07) is 0.745. The predicted molar refractivity (Wildman–Crippen MR) is 79.0 cm³/mol. The Bertz CT molecular complexity index is 332. The molecule has 1 saturated carbocycles. The van der Waals surface area contributed by atoms with Gasteiger partial charge in [-0.05, 0) is 26.2 Å². The molecular weight excluding hydrogens is 240 g/mol. The number of nitrogens with zero attached hydrogens (tertiary/aromatic N) is 1. The largest absolute Gasteiger partial charge is 0.303 e. The normalized spacial score (nSPS) is 18.8. The lowest BCUT2D eigenvalue weighted by Crippen LogP contribution is -2.40. The number of thiazole rings is 1. The van der Waals surface area contributed by atoms with Crippen LogP contribution in [-0.2, 0) is 5.54 Å². The molecule has 1 aromatic heterocycles. The van der Waals surface area contributed by atoms with E-state index in [1.54, 1.807) is 11.3 Å². The molecule has 1 fully saturated rings. The molecule has 0 bridgehead atoms. The Kier molecular flexibility index (Phi) is 5.19. The molecule has 1 aliphatic rings. The molecule has 2 rings (SSSR count). The second-order valence-electron chi connectivity index (χ2n) is 5.75. The molecule has 1 heterocycles. The highest BCUT2D eigenvalue weighted by molar-refractivity contribution is 7.09. The van der Waals surface area contributed by atoms with Crippen molar-refractivity contribution in [2.45, 2.75) is 76.8 Å². The number of nitrogens with one attached hydrogen (secondary N) is 1. The van der Waals surface area contributed by atoms with Crippen molar-refractivity contribution < 1.29 is 0 Å². The highest BCUT2D eigenvalue weighted by Crippen LogP contribution is 2.33. The van der Waals surface area contributed by atoms with Gasteiger partial charge in [-0.2, -0.15) is 0 Å². The van der Waals surface area contributed by atoms with Gasteiger partial charge in [-0.3, -0.25) is 0 Å². The zero-order valence-corrected chi connectivity index (χ0v) is 12.6. The van der Waals surface area contributed by atoms with E-state index < -0.39 is 0 Å². The Balaban J connectivity index is 1.84. The van der Waals surface area contributed by atoms with Crippen molar-refractivity contribution in [1.82, 2.24) is 10.3 Å². The molecule has 0 amide bonds. The monoisotopic (exact) mass is 266 g/mol. The second kappa shape index (κ2) is 6.67. The summed E-state index contributed by atoms with van der Waals surface area (Å²) in [5.41, 5.74) is 0.113. The van der Waals surface area contributed by atoms with Gasteiger partial charge in [0, 0.05) is 17.6 Å². The van der Waals surface area contributed by atoms with Gasteiger partial charge < -0.3 is 5.32 Å². The van der Waals surface area contributed by atoms with Gasteiger partial charge in [0.1, 0.15) is 5.01 Å². The summed E-state index contributed by atoms with van der Waals surface area (Å²) in [6.07, 6.45) is 12.6. The molecule has 2 nitrogen and oxygen atoms in total. The van der Waals surface area contributed by atoms with E-state index in [9.17, 15) is 0 Å². The van der Waals surface area contributed by atoms with Crippen molar-refractivity contribution in [3.63, 3.8) is 0 Å². The van der Waals surface area contributed by atoms with E-state index in [1.165, 1.54) is 56.4 Å². The number of hydrogen-bond acceptors (Lipinski definition) is 3. The average Bonchev–Trinajstić information content (AvgIpc) is 2.98. The first-order chi connectivity index (χ1) is 8.74. The fourth-order valence-electron chi connectivity index (χ4n) is 2.50. The van der Waals surface area contributed by atoms with Crippen molar-refractivity contribution >= 4 is 11.3 Å². The van der Waals surface area contributed by atoms with Crippen molar-refractivity contribution in [3.8, 4) is 0 Å². The van der Waals surface area contributed by atoms with Gasteiger partial charge in [0.05, 0.1) is 5.54 Å². The Morgan fingerprint density at radius 2 is 2.11 bits per heavy atom. The molecule has 1 unspecified atom stereocenters. The van der Waals surface area contributed by atoms with Crippen LogP contribution in [0.15, 0.2) is 11.6 Å². The molecule has 18 heavy (non-hydrogen) atoms. The Morgan fingerprint density at radius 1 is 1.33 bits per heavy atom. The van der Waals surface area contributed by atoms with E-state index in [0.717, 1.165) is 6.04 Å². The summed E-state index contributed by atoms with van der Waals surface area (Å²) in [4.78, 5) is 4.54. The van der Waals surface area contributed by atoms with E-state index in [4.69, 9.17) is 0 Å². The summed E-state index contributed by atoms with van der Waals surface area (Å²) in [6.45, 7) is 4.61. The van der Waals surface area contributed by atoms with E-state index in [0.29, 0.717) is 0 Å². The van der Waals surface area contributed by atoms with E-state index in [1.807, 2.05) is 6.20 Å². The van der Waals surface area contributed by atoms with Crippen molar-refractivity contribution in [1.29, 1.82) is 0 Å². The molecule has 3 heteroatoms. The Morgan fingerprint density at radius 3 is 2.72 bits per heavy atom. The lowest BCUT2D eigenvalue weighted by molar-refractivity contribution is 0.321. The lowest BCUT2D eigenvalue weighted by Gasteiger charge is -2.29. The van der Waals surface area contributed by atoms with Crippen molar-refractivity contribution in [2.24, 2.45) is 0 Å². The molecule has 1 N–H and O–H groups in total. The molecule has 0 aliphatic heterocycles. The minimum Gasteiger partial charge on any atom is -0.303 e. The first-order valence-electron chi connectivity index (χ1n) is 7.42. The smallest absolute Gasteiger partial charge is 0.112 e. The highest BCUT2D eigenvalue weighted by atomic mass is 32.1. The maximum atomic E-state index is 4.54. The maximum Gasteiger partial charge on any atom is 0.112 e. The van der Waals surface area contributed by atoms with Crippen LogP contribution in [0, 0.1) is 0 Å². The molecule has 0 spiro atoms. The van der Waals surface area contributed by atoms with Gasteiger partial charge in [-0.15, -0.1) is 11.3 Å². The third kappa shape index (κ3) is 4.06. The van der Waals surface area contributed by atoms with Crippen LogP contribution >= 0.6 is 11.3 Å². The van der Waals surface area contributed by atoms with Gasteiger partial charge in [0.25, 0.3) is 0 Å². The molecule has 0 saturated heterocycles. The highest BCUT2D eigenvalue weighted by Gasteiger charge is 2.35. The molecule has 1 aromatic rings. The molecule has 102 valence electrons. The summed E-state index contributed by atoms with van der Waals surface area (Å²) in [7, 11) is 0.